The molecular formula is C22H39N3O3. The fourth-order valence-corrected chi connectivity index (χ4v) is 2.93. The standard InChI is InChI=1S/C22H35N3O3.2H2/c1-7-9-21(25(5)6)20(19-11-8-10-17(2)18(19)3)16-28-15-14-27-13-12-24-22(26)23-4;;/h7-11,20H,1,12-16H2,2-6H3,(H2,23,24,26);2*1H/b21-9-;;. The van der Waals surface area contributed by atoms with E-state index < -0.39 is 0 Å². The number of urea groups is 1. The Morgan fingerprint density at radius 2 is 1.96 bits per heavy atom. The van der Waals surface area contributed by atoms with Crippen LogP contribution in [0.4, 0.5) is 4.79 Å². The average molecular weight is 394 g/mol. The summed E-state index contributed by atoms with van der Waals surface area (Å²) in [5.74, 6) is 0.114. The topological polar surface area (TPSA) is 62.8 Å². The van der Waals surface area contributed by atoms with Crippen LogP contribution in [0.3, 0.4) is 0 Å². The van der Waals surface area contributed by atoms with Crippen LogP contribution in [0.1, 0.15) is 25.5 Å². The largest absolute Gasteiger partial charge is 0.380 e. The molecule has 0 aromatic heterocycles. The molecule has 2 N–H and O–H groups in total. The van der Waals surface area contributed by atoms with E-state index in [4.69, 9.17) is 9.47 Å². The second-order valence-corrected chi connectivity index (χ2v) is 6.76. The molecule has 0 aliphatic rings. The van der Waals surface area contributed by atoms with Crippen LogP contribution in [0.25, 0.3) is 0 Å². The third-order valence-corrected chi connectivity index (χ3v) is 4.60. The summed E-state index contributed by atoms with van der Waals surface area (Å²) in [6.07, 6.45) is 3.85. The molecule has 6 heteroatoms. The lowest BCUT2D eigenvalue weighted by atomic mass is 9.89. The lowest BCUT2D eigenvalue weighted by Crippen LogP contribution is -2.35. The van der Waals surface area contributed by atoms with Crippen LogP contribution >= 0.6 is 0 Å². The van der Waals surface area contributed by atoms with E-state index in [1.54, 1.807) is 7.05 Å². The molecule has 0 spiro atoms. The molecule has 1 unspecified atom stereocenters. The smallest absolute Gasteiger partial charge is 0.314 e. The fraction of sp³-hybridized carbons (Fsp3) is 0.500. The van der Waals surface area contributed by atoms with E-state index in [1.165, 1.54) is 16.7 Å². The van der Waals surface area contributed by atoms with Gasteiger partial charge in [0.25, 0.3) is 0 Å². The van der Waals surface area contributed by atoms with Crippen LogP contribution in [0.15, 0.2) is 42.6 Å². The highest BCUT2D eigenvalue weighted by Crippen LogP contribution is 2.30. The zero-order valence-corrected chi connectivity index (χ0v) is 17.9. The second-order valence-electron chi connectivity index (χ2n) is 6.76. The number of aryl methyl sites for hydroxylation is 1. The Bertz CT molecular complexity index is 667. The van der Waals surface area contributed by atoms with Crippen LogP contribution in [-0.4, -0.2) is 65.0 Å². The maximum absolute atomic E-state index is 11.1. The van der Waals surface area contributed by atoms with E-state index >= 15 is 0 Å². The Morgan fingerprint density at radius 3 is 2.61 bits per heavy atom. The lowest BCUT2D eigenvalue weighted by Gasteiger charge is -2.28. The molecule has 0 fully saturated rings. The molecule has 0 aliphatic heterocycles. The molecule has 6 nitrogen and oxygen atoms in total. The Balaban J connectivity index is 0. The van der Waals surface area contributed by atoms with Crippen LogP contribution in [0.5, 0.6) is 0 Å². The van der Waals surface area contributed by atoms with Gasteiger partial charge < -0.3 is 25.0 Å². The predicted molar refractivity (Wildman–Crippen MR) is 119 cm³/mol. The summed E-state index contributed by atoms with van der Waals surface area (Å²) in [5, 5.41) is 5.17. The zero-order valence-electron chi connectivity index (χ0n) is 17.9. The number of likely N-dealkylation sites (N-methyl/N-ethyl adjacent to an activating group) is 1. The monoisotopic (exact) mass is 393 g/mol. The van der Waals surface area contributed by atoms with Gasteiger partial charge in [-0.3, -0.25) is 0 Å². The number of hydrogen-bond donors (Lipinski definition) is 2. The van der Waals surface area contributed by atoms with Crippen molar-refractivity contribution in [3.05, 3.63) is 59.3 Å². The van der Waals surface area contributed by atoms with E-state index in [0.29, 0.717) is 33.0 Å². The molecule has 0 radical (unpaired) electrons. The number of nitrogens with zero attached hydrogens (tertiary/aromatic N) is 1. The van der Waals surface area contributed by atoms with Gasteiger partial charge in [-0.1, -0.05) is 30.9 Å². The predicted octanol–water partition coefficient (Wildman–Crippen LogP) is 3.47. The Morgan fingerprint density at radius 1 is 1.25 bits per heavy atom. The van der Waals surface area contributed by atoms with Crippen molar-refractivity contribution in [3.8, 4) is 0 Å². The van der Waals surface area contributed by atoms with Gasteiger partial charge in [-0.25, -0.2) is 4.79 Å². The van der Waals surface area contributed by atoms with E-state index in [-0.39, 0.29) is 14.8 Å². The molecule has 160 valence electrons. The molecule has 1 aromatic carbocycles. The number of nitrogens with one attached hydrogen (secondary N) is 2. The summed E-state index contributed by atoms with van der Waals surface area (Å²) >= 11 is 0. The molecular weight excluding hydrogens is 354 g/mol. The number of carbonyl (C=O) groups excluding carboxylic acids is 1. The molecule has 1 aromatic rings. The summed E-state index contributed by atoms with van der Waals surface area (Å²) in [4.78, 5) is 13.2. The van der Waals surface area contributed by atoms with Crippen LogP contribution < -0.4 is 10.6 Å². The SMILES string of the molecule is C=C/C=C(/C(COCCOCCNC(=O)NC)c1cccc(C)c1C)N(C)C.[HH].[HH]. The van der Waals surface area contributed by atoms with Gasteiger partial charge in [-0.15, -0.1) is 0 Å². The van der Waals surface area contributed by atoms with Crippen molar-refractivity contribution in [3.63, 3.8) is 0 Å². The van der Waals surface area contributed by atoms with E-state index in [9.17, 15) is 4.79 Å². The lowest BCUT2D eigenvalue weighted by molar-refractivity contribution is 0.0447. The van der Waals surface area contributed by atoms with Crippen LogP contribution in [0.2, 0.25) is 0 Å². The number of ether oxygens (including phenoxy) is 2. The van der Waals surface area contributed by atoms with E-state index in [2.05, 4.69) is 54.2 Å². The van der Waals surface area contributed by atoms with Crippen molar-refractivity contribution < 1.29 is 17.1 Å². The molecule has 1 atom stereocenters. The van der Waals surface area contributed by atoms with Crippen molar-refractivity contribution in [2.75, 3.05) is 54.1 Å². The van der Waals surface area contributed by atoms with Gasteiger partial charge in [0.15, 0.2) is 0 Å². The van der Waals surface area contributed by atoms with E-state index in [1.807, 2.05) is 26.2 Å². The number of rotatable bonds is 12. The summed E-state index contributed by atoms with van der Waals surface area (Å²) in [5.41, 5.74) is 4.97. The second kappa shape index (κ2) is 13.0. The molecule has 28 heavy (non-hydrogen) atoms. The minimum absolute atomic E-state index is 0. The highest BCUT2D eigenvalue weighted by atomic mass is 16.5. The first kappa shape index (κ1) is 23.7. The van der Waals surface area contributed by atoms with Crippen molar-refractivity contribution in [2.24, 2.45) is 0 Å². The summed E-state index contributed by atoms with van der Waals surface area (Å²) < 4.78 is 11.5. The molecule has 2 amide bonds. The van der Waals surface area contributed by atoms with Crippen LogP contribution in [-0.2, 0) is 9.47 Å². The molecule has 0 heterocycles. The summed E-state index contributed by atoms with van der Waals surface area (Å²) in [7, 11) is 5.66. The number of amides is 2. The van der Waals surface area contributed by atoms with Gasteiger partial charge in [0, 0.05) is 42.2 Å². The zero-order chi connectivity index (χ0) is 20.9. The molecule has 0 saturated carbocycles. The third-order valence-electron chi connectivity index (χ3n) is 4.60. The quantitative estimate of drug-likeness (QED) is 0.422. The summed E-state index contributed by atoms with van der Waals surface area (Å²) in [6.45, 7) is 10.6. The van der Waals surface area contributed by atoms with Crippen molar-refractivity contribution in [1.82, 2.24) is 15.5 Å². The molecule has 0 aliphatic carbocycles. The molecule has 0 saturated heterocycles. The van der Waals surface area contributed by atoms with E-state index in [0.717, 1.165) is 5.70 Å². The van der Waals surface area contributed by atoms with Gasteiger partial charge in [0.05, 0.1) is 26.4 Å². The minimum Gasteiger partial charge on any atom is -0.380 e. The minimum atomic E-state index is -0.207. The first-order valence-electron chi connectivity index (χ1n) is 9.59. The average Bonchev–Trinajstić information content (AvgIpc) is 2.67. The van der Waals surface area contributed by atoms with Gasteiger partial charge in [-0.2, -0.15) is 0 Å². The maximum atomic E-state index is 11.1. The Hall–Kier alpha value is -2.31. The number of carbonyl (C=O) groups is 1. The van der Waals surface area contributed by atoms with Crippen molar-refractivity contribution in [2.45, 2.75) is 19.8 Å². The van der Waals surface area contributed by atoms with Gasteiger partial charge >= 0.3 is 6.03 Å². The van der Waals surface area contributed by atoms with Gasteiger partial charge in [-0.05, 0) is 36.6 Å². The Kier molecular flexibility index (Phi) is 11.0. The third kappa shape index (κ3) is 7.74. The summed E-state index contributed by atoms with van der Waals surface area (Å²) in [6, 6.07) is 6.18. The first-order chi connectivity index (χ1) is 13.4. The first-order valence-corrected chi connectivity index (χ1v) is 9.59. The normalized spacial score (nSPS) is 12.4. The fourth-order valence-electron chi connectivity index (χ4n) is 2.93. The number of hydrogen-bond acceptors (Lipinski definition) is 4. The highest BCUT2D eigenvalue weighted by Gasteiger charge is 2.21. The van der Waals surface area contributed by atoms with Crippen LogP contribution in [0, 0.1) is 13.8 Å². The highest BCUT2D eigenvalue weighted by molar-refractivity contribution is 5.73. The van der Waals surface area contributed by atoms with Crippen molar-refractivity contribution >= 4 is 6.03 Å². The number of benzene rings is 1. The van der Waals surface area contributed by atoms with Gasteiger partial charge in [0.1, 0.15) is 0 Å². The van der Waals surface area contributed by atoms with Crippen molar-refractivity contribution in [1.29, 1.82) is 0 Å². The molecule has 1 rings (SSSR count). The van der Waals surface area contributed by atoms with Gasteiger partial charge in [0.2, 0.25) is 0 Å². The molecule has 0 bridgehead atoms. The Labute approximate surface area is 172 Å². The number of allylic oxidation sites excluding steroid dienone is 2. The maximum Gasteiger partial charge on any atom is 0.314 e.